The van der Waals surface area contributed by atoms with E-state index in [1.807, 2.05) is 30.1 Å². The van der Waals surface area contributed by atoms with Gasteiger partial charge in [-0.25, -0.2) is 19.6 Å². The van der Waals surface area contributed by atoms with Crippen LogP contribution in [-0.2, 0) is 25.6 Å². The van der Waals surface area contributed by atoms with Gasteiger partial charge in [0.05, 0.1) is 0 Å². The molecule has 2 fully saturated rings. The van der Waals surface area contributed by atoms with Gasteiger partial charge in [-0.2, -0.15) is 0 Å². The molecule has 2 N–H and O–H groups in total. The van der Waals surface area contributed by atoms with Crippen LogP contribution in [0, 0.1) is 5.92 Å². The molecule has 0 radical (unpaired) electrons. The SMILES string of the molecule is CC(CCN1CCc2cc(/C=C3\C(=O)NC(=O)N(C)C3=O)ccc21)CN(C)c1ncc(/C=C2/C(=O)NC(=O)N(C)C2=O)cn1. The third kappa shape index (κ3) is 6.04. The van der Waals surface area contributed by atoms with Crippen LogP contribution in [0.25, 0.3) is 12.2 Å². The highest BCUT2D eigenvalue weighted by Gasteiger charge is 2.34. The minimum atomic E-state index is -0.769. The molecule has 2 saturated heterocycles. The number of nitrogens with one attached hydrogen (secondary N) is 2. The number of urea groups is 2. The van der Waals surface area contributed by atoms with Crippen LogP contribution in [-0.4, -0.2) is 96.2 Å². The minimum absolute atomic E-state index is 0.0762. The van der Waals surface area contributed by atoms with E-state index >= 15 is 0 Å². The number of likely N-dealkylation sites (N-methyl/N-ethyl adjacent to an activating group) is 2. The Hall–Kier alpha value is -5.40. The Kier molecular flexibility index (Phi) is 8.25. The van der Waals surface area contributed by atoms with E-state index in [0.29, 0.717) is 24.0 Å². The second kappa shape index (κ2) is 12.1. The van der Waals surface area contributed by atoms with E-state index in [9.17, 15) is 28.8 Å². The van der Waals surface area contributed by atoms with Crippen molar-refractivity contribution >= 4 is 59.5 Å². The van der Waals surface area contributed by atoms with Crippen molar-refractivity contribution in [2.75, 3.05) is 50.6 Å². The standard InChI is InChI=1S/C30H32N8O6/c1-17(16-35(2)28-31-14-19(15-32-28)13-22-25(40)34-30(44)37(4)27(22)42)7-9-38-10-8-20-11-18(5-6-23(20)38)12-21-24(39)33-29(43)36(3)26(21)41/h5-6,11-15,17H,7-10,16H2,1-4H3,(H,33,39,43)(H,34,40,44)/b21-12+,22-13-. The topological polar surface area (TPSA) is 165 Å². The molecule has 228 valence electrons. The van der Waals surface area contributed by atoms with Gasteiger partial charge in [0.2, 0.25) is 5.95 Å². The number of hydrogen-bond acceptors (Lipinski definition) is 10. The molecule has 1 aromatic heterocycles. The number of fused-ring (bicyclic) bond motifs is 1. The number of nitrogens with zero attached hydrogens (tertiary/aromatic N) is 6. The maximum absolute atomic E-state index is 12.4. The smallest absolute Gasteiger partial charge is 0.331 e. The fourth-order valence-corrected chi connectivity index (χ4v) is 5.26. The number of rotatable bonds is 8. The van der Waals surface area contributed by atoms with Crippen LogP contribution in [0.1, 0.15) is 30.0 Å². The monoisotopic (exact) mass is 600 g/mol. The lowest BCUT2D eigenvalue weighted by Gasteiger charge is -2.25. The molecule has 2 aromatic rings. The van der Waals surface area contributed by atoms with Crippen molar-refractivity contribution < 1.29 is 28.8 Å². The minimum Gasteiger partial charge on any atom is -0.371 e. The van der Waals surface area contributed by atoms with Gasteiger partial charge in [-0.05, 0) is 54.2 Å². The Morgan fingerprint density at radius 2 is 1.45 bits per heavy atom. The molecule has 0 aliphatic carbocycles. The van der Waals surface area contributed by atoms with Gasteiger partial charge in [-0.15, -0.1) is 0 Å². The van der Waals surface area contributed by atoms with Crippen molar-refractivity contribution in [1.82, 2.24) is 30.4 Å². The van der Waals surface area contributed by atoms with Crippen molar-refractivity contribution in [1.29, 1.82) is 0 Å². The van der Waals surface area contributed by atoms with Crippen LogP contribution >= 0.6 is 0 Å². The zero-order valence-electron chi connectivity index (χ0n) is 24.8. The van der Waals surface area contributed by atoms with E-state index in [0.717, 1.165) is 52.5 Å². The largest absolute Gasteiger partial charge is 0.371 e. The molecule has 3 aliphatic heterocycles. The zero-order chi connectivity index (χ0) is 31.7. The predicted octanol–water partition coefficient (Wildman–Crippen LogP) is 1.18. The number of amides is 8. The first-order chi connectivity index (χ1) is 20.9. The van der Waals surface area contributed by atoms with Gasteiger partial charge in [-0.3, -0.25) is 39.6 Å². The Labute approximate surface area is 253 Å². The molecule has 5 rings (SSSR count). The van der Waals surface area contributed by atoms with Gasteiger partial charge in [0.1, 0.15) is 11.1 Å². The van der Waals surface area contributed by atoms with Crippen molar-refractivity contribution in [3.05, 3.63) is 58.4 Å². The third-order valence-electron chi connectivity index (χ3n) is 7.80. The molecule has 1 unspecified atom stereocenters. The predicted molar refractivity (Wildman–Crippen MR) is 160 cm³/mol. The number of carbonyl (C=O) groups is 6. The van der Waals surface area contributed by atoms with Gasteiger partial charge in [0.15, 0.2) is 0 Å². The van der Waals surface area contributed by atoms with Gasteiger partial charge in [0, 0.05) is 64.4 Å². The van der Waals surface area contributed by atoms with Crippen LogP contribution in [0.5, 0.6) is 0 Å². The second-order valence-electron chi connectivity index (χ2n) is 11.1. The van der Waals surface area contributed by atoms with E-state index in [2.05, 4.69) is 32.4 Å². The van der Waals surface area contributed by atoms with Crippen molar-refractivity contribution in [3.8, 4) is 0 Å². The highest BCUT2D eigenvalue weighted by atomic mass is 16.2. The summed E-state index contributed by atoms with van der Waals surface area (Å²) in [6, 6.07) is 4.33. The molecular formula is C30H32N8O6. The summed E-state index contributed by atoms with van der Waals surface area (Å²) in [6.07, 6.45) is 7.67. The molecule has 1 aromatic carbocycles. The zero-order valence-corrected chi connectivity index (χ0v) is 24.8. The second-order valence-corrected chi connectivity index (χ2v) is 11.1. The quantitative estimate of drug-likeness (QED) is 0.332. The first kappa shape index (κ1) is 30.1. The lowest BCUT2D eigenvalue weighted by atomic mass is 10.0. The average Bonchev–Trinajstić information content (AvgIpc) is 3.40. The van der Waals surface area contributed by atoms with E-state index in [-0.39, 0.29) is 11.1 Å². The van der Waals surface area contributed by atoms with E-state index in [1.54, 1.807) is 0 Å². The molecule has 14 nitrogen and oxygen atoms in total. The van der Waals surface area contributed by atoms with Crippen molar-refractivity contribution in [2.24, 2.45) is 5.92 Å². The number of anilines is 2. The highest BCUT2D eigenvalue weighted by Crippen LogP contribution is 2.30. The summed E-state index contributed by atoms with van der Waals surface area (Å²) in [4.78, 5) is 86.9. The summed E-state index contributed by atoms with van der Waals surface area (Å²) < 4.78 is 0. The number of aromatic nitrogens is 2. The summed E-state index contributed by atoms with van der Waals surface area (Å²) in [7, 11) is 4.52. The van der Waals surface area contributed by atoms with Crippen LogP contribution in [0.2, 0.25) is 0 Å². The Bertz CT molecular complexity index is 1630. The summed E-state index contributed by atoms with van der Waals surface area (Å²) in [5.41, 5.74) is 3.19. The number of hydrogen-bond donors (Lipinski definition) is 2. The summed E-state index contributed by atoms with van der Waals surface area (Å²) in [5, 5.41) is 4.28. The molecule has 0 saturated carbocycles. The lowest BCUT2D eigenvalue weighted by Crippen LogP contribution is -2.52. The Morgan fingerprint density at radius 1 is 0.886 bits per heavy atom. The van der Waals surface area contributed by atoms with E-state index < -0.39 is 35.7 Å². The van der Waals surface area contributed by atoms with Crippen LogP contribution in [0.15, 0.2) is 41.7 Å². The number of imide groups is 4. The number of benzene rings is 1. The molecule has 1 atom stereocenters. The maximum atomic E-state index is 12.4. The van der Waals surface area contributed by atoms with Crippen LogP contribution in [0.3, 0.4) is 0 Å². The van der Waals surface area contributed by atoms with Gasteiger partial charge < -0.3 is 9.80 Å². The van der Waals surface area contributed by atoms with Crippen LogP contribution < -0.4 is 20.4 Å². The molecule has 14 heteroatoms. The van der Waals surface area contributed by atoms with Crippen molar-refractivity contribution in [2.45, 2.75) is 19.8 Å². The number of carbonyl (C=O) groups excluding carboxylic acids is 6. The number of barbiturate groups is 2. The maximum Gasteiger partial charge on any atom is 0.331 e. The summed E-state index contributed by atoms with van der Waals surface area (Å²) in [5.74, 6) is -1.97. The Morgan fingerprint density at radius 3 is 2.05 bits per heavy atom. The molecule has 44 heavy (non-hydrogen) atoms. The fraction of sp³-hybridized carbons (Fsp3) is 0.333. The molecule has 8 amide bonds. The van der Waals surface area contributed by atoms with Gasteiger partial charge in [-0.1, -0.05) is 13.0 Å². The van der Waals surface area contributed by atoms with E-state index in [1.165, 1.54) is 38.6 Å². The molecule has 4 heterocycles. The molecule has 0 bridgehead atoms. The first-order valence-corrected chi connectivity index (χ1v) is 14.0. The normalized spacial score (nSPS) is 19.5. The highest BCUT2D eigenvalue weighted by molar-refractivity contribution is 6.31. The average molecular weight is 601 g/mol. The van der Waals surface area contributed by atoms with Gasteiger partial charge in [0.25, 0.3) is 23.6 Å². The fourth-order valence-electron chi connectivity index (χ4n) is 5.26. The van der Waals surface area contributed by atoms with Gasteiger partial charge >= 0.3 is 12.1 Å². The van der Waals surface area contributed by atoms with Crippen molar-refractivity contribution in [3.63, 3.8) is 0 Å². The molecular weight excluding hydrogens is 568 g/mol. The molecule has 0 spiro atoms. The Balaban J connectivity index is 1.16. The lowest BCUT2D eigenvalue weighted by molar-refractivity contribution is -0.131. The van der Waals surface area contributed by atoms with Crippen LogP contribution in [0.4, 0.5) is 21.2 Å². The summed E-state index contributed by atoms with van der Waals surface area (Å²) >= 11 is 0. The third-order valence-corrected chi connectivity index (χ3v) is 7.80. The molecule has 3 aliphatic rings. The van der Waals surface area contributed by atoms with E-state index in [4.69, 9.17) is 0 Å². The summed E-state index contributed by atoms with van der Waals surface area (Å²) in [6.45, 7) is 4.56. The first-order valence-electron chi connectivity index (χ1n) is 14.0.